The van der Waals surface area contributed by atoms with Crippen LogP contribution in [0.3, 0.4) is 0 Å². The van der Waals surface area contributed by atoms with Crippen molar-refractivity contribution in [1.29, 1.82) is 0 Å². The van der Waals surface area contributed by atoms with Crippen LogP contribution in [0.1, 0.15) is 38.5 Å². The van der Waals surface area contributed by atoms with Crippen molar-refractivity contribution in [2.75, 3.05) is 24.7 Å². The monoisotopic (exact) mass is 571 g/mol. The van der Waals surface area contributed by atoms with Crippen LogP contribution in [0.4, 0.5) is 24.9 Å². The maximum Gasteiger partial charge on any atom is 0.573 e. The zero-order chi connectivity index (χ0) is 25.4. The highest BCUT2D eigenvalue weighted by atomic mass is 79.9. The van der Waals surface area contributed by atoms with E-state index in [9.17, 15) is 13.2 Å². The second kappa shape index (κ2) is 12.6. The molecule has 3 aromatic rings. The summed E-state index contributed by atoms with van der Waals surface area (Å²) in [7, 11) is 3.88. The molecule has 0 atom stereocenters. The number of anilines is 2. The van der Waals surface area contributed by atoms with Crippen molar-refractivity contribution in [2.24, 2.45) is 0 Å². The van der Waals surface area contributed by atoms with Gasteiger partial charge in [-0.2, -0.15) is 4.98 Å². The Labute approximate surface area is 216 Å². The van der Waals surface area contributed by atoms with Gasteiger partial charge in [-0.3, -0.25) is 4.72 Å². The summed E-state index contributed by atoms with van der Waals surface area (Å²) in [6.45, 7) is 0. The van der Waals surface area contributed by atoms with E-state index in [4.69, 9.17) is 5.73 Å². The first-order chi connectivity index (χ1) is 16.6. The Morgan fingerprint density at radius 1 is 1.06 bits per heavy atom. The molecule has 1 heterocycles. The predicted molar refractivity (Wildman–Crippen MR) is 140 cm³/mol. The highest BCUT2D eigenvalue weighted by Gasteiger charge is 2.32. The first kappa shape index (κ1) is 27.3. The molecule has 1 aromatic heterocycles. The third-order valence-corrected chi connectivity index (χ3v) is 6.85. The topological polar surface area (TPSA) is 76.3 Å². The van der Waals surface area contributed by atoms with E-state index in [1.54, 1.807) is 12.1 Å². The van der Waals surface area contributed by atoms with E-state index in [0.29, 0.717) is 21.4 Å². The summed E-state index contributed by atoms with van der Waals surface area (Å²) in [6, 6.07) is 12.8. The number of nitrogens with two attached hydrogens (primary N) is 1. The van der Waals surface area contributed by atoms with Crippen LogP contribution in [0.25, 0.3) is 10.9 Å². The lowest BCUT2D eigenvalue weighted by Crippen LogP contribution is -2.22. The number of benzene rings is 2. The third-order valence-electron chi connectivity index (χ3n) is 5.35. The number of para-hydroxylation sites is 1. The van der Waals surface area contributed by atoms with Crippen LogP contribution >= 0.6 is 27.9 Å². The second-order valence-corrected chi connectivity index (χ2v) is 10.2. The summed E-state index contributed by atoms with van der Waals surface area (Å²) in [5, 5.41) is 1.02. The molecule has 1 aliphatic carbocycles. The molecule has 0 aliphatic heterocycles. The Morgan fingerprint density at radius 2 is 1.74 bits per heavy atom. The number of alkyl halides is 3. The second-order valence-electron chi connectivity index (χ2n) is 8.36. The number of nitrogens with one attached hydrogen (secondary N) is 1. The van der Waals surface area contributed by atoms with Crippen molar-refractivity contribution >= 4 is 50.5 Å². The highest BCUT2D eigenvalue weighted by molar-refractivity contribution is 9.10. The van der Waals surface area contributed by atoms with Gasteiger partial charge in [0.05, 0.1) is 10.4 Å². The van der Waals surface area contributed by atoms with Crippen molar-refractivity contribution in [2.45, 2.75) is 55.8 Å². The summed E-state index contributed by atoms with van der Waals surface area (Å²) in [6.07, 6.45) is 2.28. The van der Waals surface area contributed by atoms with Crippen LogP contribution in [-0.2, 0) is 0 Å². The maximum atomic E-state index is 12.4. The zero-order valence-corrected chi connectivity index (χ0v) is 22.0. The molecule has 0 spiro atoms. The van der Waals surface area contributed by atoms with E-state index in [-0.39, 0.29) is 5.75 Å². The fourth-order valence-electron chi connectivity index (χ4n) is 3.73. The fourth-order valence-corrected chi connectivity index (χ4v) is 4.94. The molecule has 3 N–H and O–H groups in total. The number of fused-ring (bicyclic) bond motifs is 1. The van der Waals surface area contributed by atoms with Crippen molar-refractivity contribution in [3.05, 3.63) is 46.9 Å². The Balaban J connectivity index is 0.000000211. The molecule has 0 radical (unpaired) electrons. The van der Waals surface area contributed by atoms with Gasteiger partial charge in [0.2, 0.25) is 5.95 Å². The predicted octanol–water partition coefficient (Wildman–Crippen LogP) is 6.95. The smallest absolute Gasteiger partial charge is 0.405 e. The molecule has 6 nitrogen and oxygen atoms in total. The molecule has 11 heteroatoms. The molecule has 0 saturated heterocycles. The largest absolute Gasteiger partial charge is 0.573 e. The van der Waals surface area contributed by atoms with Gasteiger partial charge in [0.25, 0.3) is 0 Å². The molecule has 1 fully saturated rings. The van der Waals surface area contributed by atoms with Gasteiger partial charge in [-0.1, -0.05) is 53.7 Å². The Morgan fingerprint density at radius 3 is 2.40 bits per heavy atom. The van der Waals surface area contributed by atoms with Gasteiger partial charge >= 0.3 is 6.36 Å². The van der Waals surface area contributed by atoms with E-state index in [1.807, 2.05) is 43.3 Å². The van der Waals surface area contributed by atoms with Crippen molar-refractivity contribution in [3.8, 4) is 5.75 Å². The van der Waals surface area contributed by atoms with Crippen LogP contribution in [-0.4, -0.2) is 36.5 Å². The van der Waals surface area contributed by atoms with Crippen LogP contribution in [0, 0.1) is 0 Å². The standard InChI is InChI=1S/C14H17BrF3NOS.C10H12N4/c15-10-7-8-13(12(9-10)20-14(16,17)18)21-19-11-5-3-1-2-4-6-11;1-14(2)9-7-5-3-4-6-8(7)12-10(11)13-9/h7-9,11,19H,1-6H2;3-6H,1-2H3,(H2,11,12,13). The van der Waals surface area contributed by atoms with E-state index in [0.717, 1.165) is 29.6 Å². The first-order valence-electron chi connectivity index (χ1n) is 11.3. The number of halogens is 4. The van der Waals surface area contributed by atoms with E-state index in [1.165, 1.54) is 43.7 Å². The Bertz CT molecular complexity index is 1110. The van der Waals surface area contributed by atoms with E-state index >= 15 is 0 Å². The summed E-state index contributed by atoms with van der Waals surface area (Å²) in [4.78, 5) is 10.7. The van der Waals surface area contributed by atoms with Crippen molar-refractivity contribution < 1.29 is 17.9 Å². The van der Waals surface area contributed by atoms with Gasteiger partial charge in [-0.15, -0.1) is 13.2 Å². The molecule has 1 aliphatic rings. The summed E-state index contributed by atoms with van der Waals surface area (Å²) in [5.41, 5.74) is 6.49. The first-order valence-corrected chi connectivity index (χ1v) is 12.9. The lowest BCUT2D eigenvalue weighted by Gasteiger charge is -2.17. The Hall–Kier alpha value is -2.24. The molecule has 1 saturated carbocycles. The van der Waals surface area contributed by atoms with Gasteiger partial charge in [-0.05, 0) is 55.1 Å². The quantitative estimate of drug-likeness (QED) is 0.253. The molecule has 0 bridgehead atoms. The van der Waals surface area contributed by atoms with Crippen LogP contribution in [0.5, 0.6) is 5.75 Å². The number of nitrogen functional groups attached to an aromatic ring is 1. The van der Waals surface area contributed by atoms with E-state index in [2.05, 4.69) is 35.4 Å². The number of hydrogen-bond donors (Lipinski definition) is 2. The molecule has 35 heavy (non-hydrogen) atoms. The van der Waals surface area contributed by atoms with Gasteiger partial charge in [-0.25, -0.2) is 4.98 Å². The van der Waals surface area contributed by atoms with Crippen LogP contribution in [0.15, 0.2) is 51.8 Å². The highest BCUT2D eigenvalue weighted by Crippen LogP contribution is 2.35. The van der Waals surface area contributed by atoms with Crippen LogP contribution in [0.2, 0.25) is 0 Å². The third kappa shape index (κ3) is 8.73. The van der Waals surface area contributed by atoms with Gasteiger partial charge in [0.15, 0.2) is 0 Å². The van der Waals surface area contributed by atoms with E-state index < -0.39 is 6.36 Å². The van der Waals surface area contributed by atoms with Gasteiger partial charge in [0, 0.05) is 30.0 Å². The number of rotatable bonds is 5. The van der Waals surface area contributed by atoms with Crippen molar-refractivity contribution in [3.63, 3.8) is 0 Å². The molecule has 0 unspecified atom stereocenters. The molecular weight excluding hydrogens is 543 g/mol. The average molecular weight is 572 g/mol. The fraction of sp³-hybridized carbons (Fsp3) is 0.417. The van der Waals surface area contributed by atoms with Gasteiger partial charge < -0.3 is 15.4 Å². The zero-order valence-electron chi connectivity index (χ0n) is 19.6. The number of nitrogens with zero attached hydrogens (tertiary/aromatic N) is 3. The summed E-state index contributed by atoms with van der Waals surface area (Å²) in [5.74, 6) is 0.989. The lowest BCUT2D eigenvalue weighted by atomic mass is 10.1. The average Bonchev–Trinajstić information content (AvgIpc) is 3.06. The number of aromatic nitrogens is 2. The minimum absolute atomic E-state index is 0.178. The molecule has 4 rings (SSSR count). The molecule has 0 amide bonds. The van der Waals surface area contributed by atoms with Crippen LogP contribution < -0.4 is 20.1 Å². The van der Waals surface area contributed by atoms with Crippen molar-refractivity contribution in [1.82, 2.24) is 14.7 Å². The lowest BCUT2D eigenvalue weighted by molar-refractivity contribution is -0.275. The SMILES string of the molecule is CN(C)c1nc(N)nc2ccccc12.FC(F)(F)Oc1cc(Br)ccc1SNC1CCCCCC1. The summed E-state index contributed by atoms with van der Waals surface area (Å²) >= 11 is 4.38. The molecular formula is C24H29BrF3N5OS. The maximum absolute atomic E-state index is 12.4. The summed E-state index contributed by atoms with van der Waals surface area (Å²) < 4.78 is 45.2. The minimum atomic E-state index is -4.68. The normalized spacial score (nSPS) is 14.7. The number of hydrogen-bond acceptors (Lipinski definition) is 7. The Kier molecular flexibility index (Phi) is 9.88. The number of ether oxygens (including phenoxy) is 1. The van der Waals surface area contributed by atoms with Gasteiger partial charge in [0.1, 0.15) is 11.6 Å². The molecule has 2 aromatic carbocycles. The minimum Gasteiger partial charge on any atom is -0.405 e. The molecule has 190 valence electrons.